The Hall–Kier alpha value is -1.13. The third-order valence-corrected chi connectivity index (χ3v) is 2.40. The first kappa shape index (κ1) is 12.9. The molecule has 0 radical (unpaired) electrons. The largest absolute Gasteiger partial charge is 0.312 e. The number of amides is 1. The van der Waals surface area contributed by atoms with E-state index in [1.54, 1.807) is 0 Å². The summed E-state index contributed by atoms with van der Waals surface area (Å²) >= 11 is 5.75. The fourth-order valence-electron chi connectivity index (χ4n) is 1.23. The number of anilines is 1. The fraction of sp³-hybridized carbons (Fsp3) is 0.364. The van der Waals surface area contributed by atoms with Gasteiger partial charge in [-0.15, -0.1) is 0 Å². The molecule has 1 N–H and O–H groups in total. The van der Waals surface area contributed by atoms with Crippen LogP contribution in [0, 0.1) is 5.82 Å². The molecule has 3 nitrogen and oxygen atoms in total. The van der Waals surface area contributed by atoms with Gasteiger partial charge in [0.15, 0.2) is 0 Å². The fourth-order valence-corrected chi connectivity index (χ4v) is 1.39. The Kier molecular flexibility index (Phi) is 4.71. The van der Waals surface area contributed by atoms with E-state index in [1.807, 2.05) is 6.92 Å². The van der Waals surface area contributed by atoms with E-state index in [0.717, 1.165) is 0 Å². The molecule has 1 rings (SSSR count). The molecule has 0 aromatic heterocycles. The van der Waals surface area contributed by atoms with Crippen LogP contribution in [0.4, 0.5) is 10.1 Å². The Morgan fingerprint density at radius 2 is 2.25 bits per heavy atom. The monoisotopic (exact) mass is 244 g/mol. The third kappa shape index (κ3) is 3.18. The first-order valence-electron chi connectivity index (χ1n) is 4.98. The number of benzene rings is 1. The van der Waals surface area contributed by atoms with E-state index in [2.05, 4.69) is 5.32 Å². The predicted molar refractivity (Wildman–Crippen MR) is 63.4 cm³/mol. The summed E-state index contributed by atoms with van der Waals surface area (Å²) in [4.78, 5) is 12.9. The van der Waals surface area contributed by atoms with Gasteiger partial charge >= 0.3 is 0 Å². The van der Waals surface area contributed by atoms with Crippen LogP contribution < -0.4 is 10.2 Å². The SMILES string of the molecule is CCNCC(=O)N(C)c1cc(Cl)ccc1F. The summed E-state index contributed by atoms with van der Waals surface area (Å²) in [6.45, 7) is 2.77. The Labute approximate surface area is 99.2 Å². The molecule has 88 valence electrons. The molecule has 0 spiro atoms. The molecule has 1 amide bonds. The van der Waals surface area contributed by atoms with Crippen molar-refractivity contribution >= 4 is 23.2 Å². The molecular formula is C11H14ClFN2O. The highest BCUT2D eigenvalue weighted by Gasteiger charge is 2.14. The maximum atomic E-state index is 13.4. The maximum absolute atomic E-state index is 13.4. The van der Waals surface area contributed by atoms with E-state index in [0.29, 0.717) is 11.6 Å². The summed E-state index contributed by atoms with van der Waals surface area (Å²) in [6.07, 6.45) is 0. The van der Waals surface area contributed by atoms with E-state index in [1.165, 1.54) is 30.1 Å². The molecule has 0 fully saturated rings. The van der Waals surface area contributed by atoms with Gasteiger partial charge in [-0.3, -0.25) is 4.79 Å². The van der Waals surface area contributed by atoms with Crippen molar-refractivity contribution in [1.29, 1.82) is 0 Å². The van der Waals surface area contributed by atoms with Gasteiger partial charge in [-0.2, -0.15) is 0 Å². The lowest BCUT2D eigenvalue weighted by molar-refractivity contribution is -0.117. The Morgan fingerprint density at radius 1 is 1.56 bits per heavy atom. The number of likely N-dealkylation sites (N-methyl/N-ethyl adjacent to an activating group) is 2. The minimum absolute atomic E-state index is 0.180. The normalized spacial score (nSPS) is 10.2. The third-order valence-electron chi connectivity index (χ3n) is 2.17. The van der Waals surface area contributed by atoms with E-state index in [9.17, 15) is 9.18 Å². The summed E-state index contributed by atoms with van der Waals surface area (Å²) in [5.41, 5.74) is 0.190. The summed E-state index contributed by atoms with van der Waals surface area (Å²) in [6, 6.07) is 4.12. The summed E-state index contributed by atoms with van der Waals surface area (Å²) in [5, 5.41) is 3.29. The van der Waals surface area contributed by atoms with Crippen LogP contribution in [0.3, 0.4) is 0 Å². The lowest BCUT2D eigenvalue weighted by atomic mass is 10.3. The molecule has 0 atom stereocenters. The van der Waals surface area contributed by atoms with Crippen molar-refractivity contribution in [3.8, 4) is 0 Å². The first-order chi connectivity index (χ1) is 7.56. The molecule has 1 aromatic rings. The van der Waals surface area contributed by atoms with Crippen molar-refractivity contribution in [2.24, 2.45) is 0 Å². The molecule has 0 unspecified atom stereocenters. The first-order valence-corrected chi connectivity index (χ1v) is 5.36. The van der Waals surface area contributed by atoms with Crippen molar-refractivity contribution in [2.45, 2.75) is 6.92 Å². The van der Waals surface area contributed by atoms with Crippen LogP contribution in [0.2, 0.25) is 5.02 Å². The summed E-state index contributed by atoms with van der Waals surface area (Å²) in [5.74, 6) is -0.667. The minimum atomic E-state index is -0.461. The second-order valence-corrected chi connectivity index (χ2v) is 3.77. The number of nitrogens with one attached hydrogen (secondary N) is 1. The highest BCUT2D eigenvalue weighted by Crippen LogP contribution is 2.22. The number of hydrogen-bond acceptors (Lipinski definition) is 2. The highest BCUT2D eigenvalue weighted by molar-refractivity contribution is 6.30. The second kappa shape index (κ2) is 5.82. The van der Waals surface area contributed by atoms with Gasteiger partial charge < -0.3 is 10.2 Å². The lowest BCUT2D eigenvalue weighted by Crippen LogP contribution is -2.35. The Balaban J connectivity index is 2.82. The molecule has 0 heterocycles. The number of nitrogens with zero attached hydrogens (tertiary/aromatic N) is 1. The second-order valence-electron chi connectivity index (χ2n) is 3.33. The molecule has 0 aliphatic carbocycles. The zero-order valence-electron chi connectivity index (χ0n) is 9.26. The van der Waals surface area contributed by atoms with Gasteiger partial charge in [0.2, 0.25) is 5.91 Å². The maximum Gasteiger partial charge on any atom is 0.240 e. The highest BCUT2D eigenvalue weighted by atomic mass is 35.5. The van der Waals surface area contributed by atoms with E-state index >= 15 is 0 Å². The Bertz CT molecular complexity index is 384. The summed E-state index contributed by atoms with van der Waals surface area (Å²) in [7, 11) is 1.52. The van der Waals surface area contributed by atoms with Crippen LogP contribution in [-0.4, -0.2) is 26.0 Å². The molecule has 0 saturated carbocycles. The van der Waals surface area contributed by atoms with Gasteiger partial charge in [0.25, 0.3) is 0 Å². The molecule has 16 heavy (non-hydrogen) atoms. The number of halogens is 2. The molecule has 0 aliphatic rings. The average Bonchev–Trinajstić information content (AvgIpc) is 2.28. The predicted octanol–water partition coefficient (Wildman–Crippen LogP) is 2.05. The van der Waals surface area contributed by atoms with E-state index < -0.39 is 5.82 Å². The average molecular weight is 245 g/mol. The Morgan fingerprint density at radius 3 is 2.88 bits per heavy atom. The molecule has 5 heteroatoms. The number of rotatable bonds is 4. The molecular weight excluding hydrogens is 231 g/mol. The minimum Gasteiger partial charge on any atom is -0.312 e. The smallest absolute Gasteiger partial charge is 0.240 e. The number of carbonyl (C=O) groups excluding carboxylic acids is 1. The van der Waals surface area contributed by atoms with Gasteiger partial charge in [0, 0.05) is 12.1 Å². The number of hydrogen-bond donors (Lipinski definition) is 1. The van der Waals surface area contributed by atoms with Crippen molar-refractivity contribution in [1.82, 2.24) is 5.32 Å². The summed E-state index contributed by atoms with van der Waals surface area (Å²) < 4.78 is 13.4. The van der Waals surface area contributed by atoms with E-state index in [-0.39, 0.29) is 18.1 Å². The number of carbonyl (C=O) groups is 1. The zero-order chi connectivity index (χ0) is 12.1. The van der Waals surface area contributed by atoms with Crippen LogP contribution >= 0.6 is 11.6 Å². The van der Waals surface area contributed by atoms with Crippen molar-refractivity contribution in [3.63, 3.8) is 0 Å². The van der Waals surface area contributed by atoms with Crippen molar-refractivity contribution in [3.05, 3.63) is 29.0 Å². The van der Waals surface area contributed by atoms with Crippen molar-refractivity contribution < 1.29 is 9.18 Å². The zero-order valence-corrected chi connectivity index (χ0v) is 10.0. The van der Waals surface area contributed by atoms with Gasteiger partial charge in [0.1, 0.15) is 5.82 Å². The topological polar surface area (TPSA) is 32.3 Å². The lowest BCUT2D eigenvalue weighted by Gasteiger charge is -2.18. The van der Waals surface area contributed by atoms with Gasteiger partial charge in [0.05, 0.1) is 12.2 Å². The quantitative estimate of drug-likeness (QED) is 0.879. The van der Waals surface area contributed by atoms with Gasteiger partial charge in [-0.1, -0.05) is 18.5 Å². The standard InChI is InChI=1S/C11H14ClFN2O/c1-3-14-7-11(16)15(2)10-6-8(12)4-5-9(10)13/h4-6,14H,3,7H2,1-2H3. The van der Waals surface area contributed by atoms with Crippen LogP contribution in [0.15, 0.2) is 18.2 Å². The van der Waals surface area contributed by atoms with Crippen LogP contribution in [-0.2, 0) is 4.79 Å². The molecule has 0 bridgehead atoms. The van der Waals surface area contributed by atoms with Crippen LogP contribution in [0.25, 0.3) is 0 Å². The van der Waals surface area contributed by atoms with Crippen molar-refractivity contribution in [2.75, 3.05) is 25.0 Å². The van der Waals surface area contributed by atoms with E-state index in [4.69, 9.17) is 11.6 Å². The van der Waals surface area contributed by atoms with Crippen LogP contribution in [0.5, 0.6) is 0 Å². The van der Waals surface area contributed by atoms with Gasteiger partial charge in [-0.05, 0) is 24.7 Å². The molecule has 1 aromatic carbocycles. The van der Waals surface area contributed by atoms with Crippen LogP contribution in [0.1, 0.15) is 6.92 Å². The van der Waals surface area contributed by atoms with Gasteiger partial charge in [-0.25, -0.2) is 4.39 Å². The molecule has 0 saturated heterocycles. The molecule has 0 aliphatic heterocycles.